The van der Waals surface area contributed by atoms with Gasteiger partial charge in [-0.25, -0.2) is 0 Å². The van der Waals surface area contributed by atoms with E-state index in [9.17, 15) is 4.79 Å². The summed E-state index contributed by atoms with van der Waals surface area (Å²) in [5.74, 6) is 1.31. The average molecular weight is 368 g/mol. The third-order valence-corrected chi connectivity index (χ3v) is 5.44. The van der Waals surface area contributed by atoms with E-state index in [1.807, 2.05) is 58.0 Å². The largest absolute Gasteiger partial charge is 0.495 e. The predicted molar refractivity (Wildman–Crippen MR) is 106 cm³/mol. The van der Waals surface area contributed by atoms with E-state index in [0.29, 0.717) is 17.1 Å². The van der Waals surface area contributed by atoms with E-state index in [2.05, 4.69) is 0 Å². The number of carbonyl (C=O) groups is 1. The maximum atomic E-state index is 11.6. The van der Waals surface area contributed by atoms with Crippen LogP contribution < -0.4 is 14.9 Å². The molecule has 3 rings (SSSR count). The first-order chi connectivity index (χ1) is 12.7. The number of benzene rings is 2. The molecule has 2 aromatic rings. The van der Waals surface area contributed by atoms with Crippen LogP contribution in [-0.4, -0.2) is 38.8 Å². The normalized spacial score (nSPS) is 17.6. The standard InChI is InChI=1S/C21H25BO5/c1-20(2)21(3,4)27-22(26-20)17-11-14(7-8-16(17)13-23)15-9-10-18(24-5)19(12-15)25-6/h7-13H,1-6H3. The van der Waals surface area contributed by atoms with Crippen molar-refractivity contribution in [3.8, 4) is 22.6 Å². The van der Waals surface area contributed by atoms with Crippen molar-refractivity contribution in [2.75, 3.05) is 14.2 Å². The van der Waals surface area contributed by atoms with Crippen molar-refractivity contribution in [2.24, 2.45) is 0 Å². The van der Waals surface area contributed by atoms with Gasteiger partial charge in [0.1, 0.15) is 6.29 Å². The Morgan fingerprint density at radius 3 is 1.96 bits per heavy atom. The van der Waals surface area contributed by atoms with Gasteiger partial charge in [0.15, 0.2) is 11.5 Å². The molecule has 1 heterocycles. The van der Waals surface area contributed by atoms with E-state index in [-0.39, 0.29) is 0 Å². The average Bonchev–Trinajstić information content (AvgIpc) is 2.87. The molecule has 0 aliphatic carbocycles. The molecule has 1 saturated heterocycles. The summed E-state index contributed by atoms with van der Waals surface area (Å²) in [6, 6.07) is 11.3. The molecule has 142 valence electrons. The highest BCUT2D eigenvalue weighted by molar-refractivity contribution is 6.63. The van der Waals surface area contributed by atoms with Gasteiger partial charge in [-0.15, -0.1) is 0 Å². The Kier molecular flexibility index (Phi) is 5.06. The quantitative estimate of drug-likeness (QED) is 0.598. The Morgan fingerprint density at radius 2 is 1.41 bits per heavy atom. The Hall–Kier alpha value is -2.31. The molecular weight excluding hydrogens is 343 g/mol. The first-order valence-corrected chi connectivity index (χ1v) is 8.89. The number of rotatable bonds is 5. The maximum absolute atomic E-state index is 11.6. The van der Waals surface area contributed by atoms with E-state index < -0.39 is 18.3 Å². The van der Waals surface area contributed by atoms with Gasteiger partial charge in [0.05, 0.1) is 25.4 Å². The van der Waals surface area contributed by atoms with Gasteiger partial charge in [-0.1, -0.05) is 24.3 Å². The SMILES string of the molecule is COc1ccc(-c2ccc(C=O)c(B3OC(C)(C)C(C)(C)O3)c2)cc1OC. The van der Waals surface area contributed by atoms with Crippen LogP contribution in [0.15, 0.2) is 36.4 Å². The summed E-state index contributed by atoms with van der Waals surface area (Å²) in [4.78, 5) is 11.6. The Morgan fingerprint density at radius 1 is 0.852 bits per heavy atom. The molecule has 1 aliphatic rings. The summed E-state index contributed by atoms with van der Waals surface area (Å²) in [5.41, 5.74) is 2.21. The fourth-order valence-corrected chi connectivity index (χ4v) is 3.05. The minimum Gasteiger partial charge on any atom is -0.493 e. The number of ether oxygens (including phenoxy) is 2. The molecule has 6 heteroatoms. The number of hydrogen-bond acceptors (Lipinski definition) is 5. The zero-order valence-electron chi connectivity index (χ0n) is 16.7. The van der Waals surface area contributed by atoms with Crippen molar-refractivity contribution in [1.82, 2.24) is 0 Å². The highest BCUT2D eigenvalue weighted by atomic mass is 16.7. The summed E-state index contributed by atoms with van der Waals surface area (Å²) >= 11 is 0. The smallest absolute Gasteiger partial charge is 0.493 e. The zero-order valence-corrected chi connectivity index (χ0v) is 16.7. The van der Waals surface area contributed by atoms with E-state index in [1.54, 1.807) is 20.3 Å². The van der Waals surface area contributed by atoms with Gasteiger partial charge in [0.25, 0.3) is 0 Å². The van der Waals surface area contributed by atoms with Crippen LogP contribution in [0.5, 0.6) is 11.5 Å². The molecule has 0 saturated carbocycles. The first-order valence-electron chi connectivity index (χ1n) is 8.89. The minimum absolute atomic E-state index is 0.475. The minimum atomic E-state index is -0.602. The van der Waals surface area contributed by atoms with Crippen molar-refractivity contribution in [3.05, 3.63) is 42.0 Å². The van der Waals surface area contributed by atoms with Gasteiger partial charge in [-0.2, -0.15) is 0 Å². The lowest BCUT2D eigenvalue weighted by molar-refractivity contribution is 0.00578. The number of carbonyl (C=O) groups excluding carboxylic acids is 1. The fourth-order valence-electron chi connectivity index (χ4n) is 3.05. The van der Waals surface area contributed by atoms with Gasteiger partial charge >= 0.3 is 7.12 Å². The highest BCUT2D eigenvalue weighted by Gasteiger charge is 2.52. The second-order valence-corrected chi connectivity index (χ2v) is 7.62. The van der Waals surface area contributed by atoms with Gasteiger partial charge in [0.2, 0.25) is 0 Å². The maximum Gasteiger partial charge on any atom is 0.495 e. The second-order valence-electron chi connectivity index (χ2n) is 7.62. The lowest BCUT2D eigenvalue weighted by Gasteiger charge is -2.32. The van der Waals surface area contributed by atoms with E-state index in [0.717, 1.165) is 22.9 Å². The van der Waals surface area contributed by atoms with Crippen LogP contribution in [-0.2, 0) is 9.31 Å². The number of hydrogen-bond donors (Lipinski definition) is 0. The molecule has 5 nitrogen and oxygen atoms in total. The van der Waals surface area contributed by atoms with Crippen LogP contribution in [0.2, 0.25) is 0 Å². The van der Waals surface area contributed by atoms with Gasteiger partial charge in [0, 0.05) is 5.56 Å². The molecule has 0 atom stereocenters. The third-order valence-electron chi connectivity index (χ3n) is 5.44. The van der Waals surface area contributed by atoms with Gasteiger partial charge < -0.3 is 18.8 Å². The zero-order chi connectivity index (χ0) is 19.8. The van der Waals surface area contributed by atoms with Crippen molar-refractivity contribution in [1.29, 1.82) is 0 Å². The van der Waals surface area contributed by atoms with Gasteiger partial charge in [-0.3, -0.25) is 4.79 Å². The van der Waals surface area contributed by atoms with Crippen LogP contribution in [0, 0.1) is 0 Å². The molecule has 1 fully saturated rings. The van der Waals surface area contributed by atoms with Crippen LogP contribution in [0.4, 0.5) is 0 Å². The summed E-state index contributed by atoms with van der Waals surface area (Å²) in [5, 5.41) is 0. The van der Waals surface area contributed by atoms with Crippen molar-refractivity contribution in [2.45, 2.75) is 38.9 Å². The van der Waals surface area contributed by atoms with Crippen LogP contribution in [0.1, 0.15) is 38.1 Å². The molecular formula is C21H25BO5. The van der Waals surface area contributed by atoms with E-state index >= 15 is 0 Å². The molecule has 0 N–H and O–H groups in total. The number of aldehydes is 1. The fraction of sp³-hybridized carbons (Fsp3) is 0.381. The topological polar surface area (TPSA) is 54.0 Å². The molecule has 0 radical (unpaired) electrons. The third kappa shape index (κ3) is 3.47. The number of methoxy groups -OCH3 is 2. The highest BCUT2D eigenvalue weighted by Crippen LogP contribution is 2.37. The first kappa shape index (κ1) is 19.5. The molecule has 27 heavy (non-hydrogen) atoms. The lowest BCUT2D eigenvalue weighted by Crippen LogP contribution is -2.41. The molecule has 0 unspecified atom stereocenters. The molecule has 0 aromatic heterocycles. The van der Waals surface area contributed by atoms with Crippen LogP contribution >= 0.6 is 0 Å². The molecule has 0 spiro atoms. The summed E-state index contributed by atoms with van der Waals surface area (Å²) < 4.78 is 23.0. The molecule has 0 amide bonds. The Bertz CT molecular complexity index is 844. The summed E-state index contributed by atoms with van der Waals surface area (Å²) in [6.07, 6.45) is 0.832. The van der Waals surface area contributed by atoms with Crippen molar-refractivity contribution >= 4 is 18.9 Å². The van der Waals surface area contributed by atoms with Crippen molar-refractivity contribution in [3.63, 3.8) is 0 Å². The van der Waals surface area contributed by atoms with Gasteiger partial charge in [-0.05, 0) is 56.4 Å². The summed E-state index contributed by atoms with van der Waals surface area (Å²) in [6.45, 7) is 7.97. The van der Waals surface area contributed by atoms with Crippen LogP contribution in [0.25, 0.3) is 11.1 Å². The Labute approximate surface area is 160 Å². The Balaban J connectivity index is 2.04. The second kappa shape index (κ2) is 7.02. The molecule has 2 aromatic carbocycles. The monoisotopic (exact) mass is 368 g/mol. The van der Waals surface area contributed by atoms with E-state index in [4.69, 9.17) is 18.8 Å². The predicted octanol–water partition coefficient (Wildman–Crippen LogP) is 3.48. The van der Waals surface area contributed by atoms with Crippen molar-refractivity contribution < 1.29 is 23.6 Å². The molecule has 0 bridgehead atoms. The molecule has 1 aliphatic heterocycles. The van der Waals surface area contributed by atoms with E-state index in [1.165, 1.54) is 0 Å². The summed E-state index contributed by atoms with van der Waals surface area (Å²) in [7, 11) is 2.61. The lowest BCUT2D eigenvalue weighted by atomic mass is 9.75. The van der Waals surface area contributed by atoms with Crippen LogP contribution in [0.3, 0.4) is 0 Å².